The number of hydrogen-bond donors (Lipinski definition) is 0. The van der Waals surface area contributed by atoms with Gasteiger partial charge in [0.2, 0.25) is 5.69 Å². The van der Waals surface area contributed by atoms with Crippen LogP contribution in [0.3, 0.4) is 0 Å². The monoisotopic (exact) mass is 970 g/mol. The molecule has 0 spiro atoms. The summed E-state index contributed by atoms with van der Waals surface area (Å²) >= 11 is 0. The van der Waals surface area contributed by atoms with Crippen molar-refractivity contribution in [1.29, 1.82) is 5.26 Å². The standard InChI is InChI=1S/C68H34N4O4/c1-70-53-35-42(71-54-24-18-37(39-20-28-62-49(31-39)45-12-4-6-14-58(45)73-62)33-51(54)64-56(71)26-22-47-43-10-2-8-16-60(43)75-67(47)64)30-41(36-69)66(53)72-55-25-19-38(40-21-29-63-50(32-40)46-13-5-7-15-59(46)74-63)34-52(55)65-57(72)27-23-48-44-11-3-9-17-61(44)76-68(48)65/h2-35H. The van der Waals surface area contributed by atoms with E-state index in [9.17, 15) is 5.26 Å². The van der Waals surface area contributed by atoms with Gasteiger partial charge < -0.3 is 26.8 Å². The van der Waals surface area contributed by atoms with E-state index in [1.807, 2.05) is 97.1 Å². The highest BCUT2D eigenvalue weighted by atomic mass is 16.3. The van der Waals surface area contributed by atoms with E-state index >= 15 is 0 Å². The SMILES string of the molecule is [C-]#[N+]c1cc(-n2c3ccc(-c4ccc5oc6ccccc6c5c4)cc3c3c4oc5ccccc5c4ccc32)cc(C#N)c1-n1c2ccc(-c3ccc4oc5ccccc5c4c3)cc2c2c3oc4ccccc4c3ccc21. The number of nitriles is 1. The van der Waals surface area contributed by atoms with Gasteiger partial charge in [0.05, 0.1) is 50.7 Å². The van der Waals surface area contributed by atoms with Gasteiger partial charge in [-0.3, -0.25) is 0 Å². The van der Waals surface area contributed by atoms with Crippen LogP contribution in [0.25, 0.3) is 170 Å². The van der Waals surface area contributed by atoms with Crippen LogP contribution in [0.15, 0.2) is 224 Å². The molecular formula is C68H34N4O4. The predicted molar refractivity (Wildman–Crippen MR) is 306 cm³/mol. The summed E-state index contributed by atoms with van der Waals surface area (Å²) in [5.74, 6) is 0. The van der Waals surface area contributed by atoms with Crippen LogP contribution in [-0.2, 0) is 0 Å². The Balaban J connectivity index is 0.906. The fraction of sp³-hybridized carbons (Fsp3) is 0. The third-order valence-electron chi connectivity index (χ3n) is 15.8. The van der Waals surface area contributed by atoms with Crippen molar-refractivity contribution in [3.63, 3.8) is 0 Å². The van der Waals surface area contributed by atoms with Crippen molar-refractivity contribution in [3.8, 4) is 39.7 Å². The van der Waals surface area contributed by atoms with E-state index in [1.165, 1.54) is 0 Å². The number of aromatic nitrogens is 2. The number of nitrogens with zero attached hydrogens (tertiary/aromatic N) is 4. The first-order chi connectivity index (χ1) is 37.6. The van der Waals surface area contributed by atoms with Gasteiger partial charge in [-0.25, -0.2) is 4.85 Å². The lowest BCUT2D eigenvalue weighted by atomic mass is 10.00. The summed E-state index contributed by atoms with van der Waals surface area (Å²) in [6.45, 7) is 8.92. The highest BCUT2D eigenvalue weighted by molar-refractivity contribution is 6.26. The Hall–Kier alpha value is -10.8. The van der Waals surface area contributed by atoms with Gasteiger partial charge in [-0.1, -0.05) is 97.1 Å². The van der Waals surface area contributed by atoms with Gasteiger partial charge in [-0.05, 0) is 131 Å². The molecular weight excluding hydrogens is 937 g/mol. The first-order valence-corrected chi connectivity index (χ1v) is 25.1. The number of furan rings is 4. The molecule has 0 unspecified atom stereocenters. The smallest absolute Gasteiger partial charge is 0.214 e. The predicted octanol–water partition coefficient (Wildman–Crippen LogP) is 19.2. The highest BCUT2D eigenvalue weighted by Gasteiger charge is 2.26. The molecule has 8 heteroatoms. The molecule has 11 aromatic carbocycles. The molecule has 6 heterocycles. The Labute approximate surface area is 430 Å². The molecule has 0 radical (unpaired) electrons. The van der Waals surface area contributed by atoms with Crippen molar-refractivity contribution in [2.45, 2.75) is 0 Å². The van der Waals surface area contributed by atoms with Gasteiger partial charge >= 0.3 is 0 Å². The van der Waals surface area contributed by atoms with E-state index in [-0.39, 0.29) is 0 Å². The number of fused-ring (bicyclic) bond motifs is 20. The summed E-state index contributed by atoms with van der Waals surface area (Å²) in [7, 11) is 0. The summed E-state index contributed by atoms with van der Waals surface area (Å²) in [6.07, 6.45) is 0. The molecule has 0 fully saturated rings. The zero-order valence-corrected chi connectivity index (χ0v) is 40.1. The molecule has 0 aliphatic rings. The molecule has 0 saturated carbocycles. The second-order valence-electron chi connectivity index (χ2n) is 19.7. The Morgan fingerprint density at radius 1 is 0.355 bits per heavy atom. The fourth-order valence-electron chi connectivity index (χ4n) is 12.4. The molecule has 8 nitrogen and oxygen atoms in total. The van der Waals surface area contributed by atoms with E-state index < -0.39 is 0 Å². The average molecular weight is 971 g/mol. The maximum absolute atomic E-state index is 11.4. The summed E-state index contributed by atoms with van der Waals surface area (Å²) < 4.78 is 30.2. The first kappa shape index (κ1) is 40.8. The van der Waals surface area contributed by atoms with Crippen LogP contribution in [0, 0.1) is 17.9 Å². The minimum absolute atomic E-state index is 0.330. The average Bonchev–Trinajstić information content (AvgIpc) is 4.37. The molecule has 76 heavy (non-hydrogen) atoms. The van der Waals surface area contributed by atoms with Crippen molar-refractivity contribution >= 4 is 137 Å². The molecule has 0 bridgehead atoms. The molecule has 17 rings (SSSR count). The van der Waals surface area contributed by atoms with Gasteiger partial charge in [0.15, 0.2) is 0 Å². The topological polar surface area (TPSA) is 90.6 Å². The molecule has 6 aromatic heterocycles. The lowest BCUT2D eigenvalue weighted by Gasteiger charge is -2.16. The van der Waals surface area contributed by atoms with Crippen molar-refractivity contribution in [2.24, 2.45) is 0 Å². The van der Waals surface area contributed by atoms with Crippen LogP contribution in [0.4, 0.5) is 5.69 Å². The van der Waals surface area contributed by atoms with Gasteiger partial charge in [0, 0.05) is 59.5 Å². The zero-order valence-electron chi connectivity index (χ0n) is 40.1. The number of para-hydroxylation sites is 4. The van der Waals surface area contributed by atoms with Crippen molar-refractivity contribution in [3.05, 3.63) is 223 Å². The van der Waals surface area contributed by atoms with Crippen LogP contribution >= 0.6 is 0 Å². The van der Waals surface area contributed by atoms with E-state index in [1.54, 1.807) is 0 Å². The molecule has 0 aliphatic carbocycles. The minimum atomic E-state index is 0.330. The quantitative estimate of drug-likeness (QED) is 0.164. The van der Waals surface area contributed by atoms with Crippen LogP contribution in [0.2, 0.25) is 0 Å². The minimum Gasteiger partial charge on any atom is -0.456 e. The van der Waals surface area contributed by atoms with Crippen LogP contribution in [0.1, 0.15) is 5.56 Å². The van der Waals surface area contributed by atoms with E-state index in [0.717, 1.165) is 154 Å². The fourth-order valence-corrected chi connectivity index (χ4v) is 12.4. The van der Waals surface area contributed by atoms with Gasteiger partial charge in [0.25, 0.3) is 0 Å². The molecule has 0 atom stereocenters. The van der Waals surface area contributed by atoms with Gasteiger partial charge in [0.1, 0.15) is 50.7 Å². The van der Waals surface area contributed by atoms with Crippen LogP contribution in [0.5, 0.6) is 0 Å². The summed E-state index contributed by atoms with van der Waals surface area (Å²) in [5.41, 5.74) is 15.9. The van der Waals surface area contributed by atoms with Crippen molar-refractivity contribution in [2.75, 3.05) is 0 Å². The highest BCUT2D eigenvalue weighted by Crippen LogP contribution is 2.47. The van der Waals surface area contributed by atoms with E-state index in [0.29, 0.717) is 22.6 Å². The first-order valence-electron chi connectivity index (χ1n) is 25.1. The molecule has 17 aromatic rings. The van der Waals surface area contributed by atoms with E-state index in [2.05, 4.69) is 129 Å². The Morgan fingerprint density at radius 2 is 0.750 bits per heavy atom. The third-order valence-corrected chi connectivity index (χ3v) is 15.8. The van der Waals surface area contributed by atoms with E-state index in [4.69, 9.17) is 24.2 Å². The van der Waals surface area contributed by atoms with Crippen LogP contribution < -0.4 is 0 Å². The normalized spacial score (nSPS) is 12.2. The molecule has 0 saturated heterocycles. The third kappa shape index (κ3) is 5.48. The molecule has 0 aliphatic heterocycles. The maximum atomic E-state index is 11.4. The molecule has 350 valence electrons. The summed E-state index contributed by atoms with van der Waals surface area (Å²) in [5, 5.41) is 23.5. The van der Waals surface area contributed by atoms with Gasteiger partial charge in [-0.15, -0.1) is 0 Å². The number of rotatable bonds is 4. The van der Waals surface area contributed by atoms with Gasteiger partial charge in [-0.2, -0.15) is 5.26 Å². The molecule has 0 amide bonds. The summed E-state index contributed by atoms with van der Waals surface area (Å²) in [4.78, 5) is 4.27. The molecule has 0 N–H and O–H groups in total. The second-order valence-corrected chi connectivity index (χ2v) is 19.7. The van der Waals surface area contributed by atoms with Crippen LogP contribution in [-0.4, -0.2) is 9.13 Å². The lowest BCUT2D eigenvalue weighted by molar-refractivity contribution is 0.668. The summed E-state index contributed by atoms with van der Waals surface area (Å²) in [6, 6.07) is 73.0. The maximum Gasteiger partial charge on any atom is 0.214 e. The number of hydrogen-bond acceptors (Lipinski definition) is 5. The zero-order chi connectivity index (χ0) is 49.9. The Morgan fingerprint density at radius 3 is 1.24 bits per heavy atom. The number of benzene rings is 11. The largest absolute Gasteiger partial charge is 0.456 e. The lowest BCUT2D eigenvalue weighted by Crippen LogP contribution is -2.01. The Kier molecular flexibility index (Phi) is 7.99. The Bertz CT molecular complexity index is 5490. The van der Waals surface area contributed by atoms with Crippen molar-refractivity contribution < 1.29 is 17.7 Å². The van der Waals surface area contributed by atoms with Crippen molar-refractivity contribution in [1.82, 2.24) is 9.13 Å². The second kappa shape index (κ2) is 14.9.